The number of aromatic amines is 1. The molecule has 2 aromatic rings. The molecule has 0 radical (unpaired) electrons. The second-order valence-electron chi connectivity index (χ2n) is 5.25. The van der Waals surface area contributed by atoms with E-state index in [1.54, 1.807) is 0 Å². The Hall–Kier alpha value is -1.48. The van der Waals surface area contributed by atoms with Crippen LogP contribution in [0, 0.1) is 0 Å². The molecule has 0 spiro atoms. The molecule has 0 aliphatic rings. The van der Waals surface area contributed by atoms with Crippen molar-refractivity contribution in [3.63, 3.8) is 0 Å². The van der Waals surface area contributed by atoms with Crippen LogP contribution in [0.1, 0.15) is 26.3 Å². The standard InChI is InChI=1S/C14H20N2O/c1-14(2,3)17-12-6-4-5-11-13(12)10(7-8-15)9-16-11/h4-6,9,16H,7-8,15H2,1-3H3. The fraction of sp³-hybridized carbons (Fsp3) is 0.429. The Morgan fingerprint density at radius 2 is 2.06 bits per heavy atom. The molecule has 17 heavy (non-hydrogen) atoms. The van der Waals surface area contributed by atoms with E-state index in [1.807, 2.05) is 18.3 Å². The molecule has 0 amide bonds. The van der Waals surface area contributed by atoms with E-state index in [9.17, 15) is 0 Å². The smallest absolute Gasteiger partial charge is 0.129 e. The summed E-state index contributed by atoms with van der Waals surface area (Å²) < 4.78 is 6.00. The predicted octanol–water partition coefficient (Wildman–Crippen LogP) is 2.85. The second kappa shape index (κ2) is 4.41. The summed E-state index contributed by atoms with van der Waals surface area (Å²) in [5, 5.41) is 1.16. The highest BCUT2D eigenvalue weighted by Gasteiger charge is 2.16. The van der Waals surface area contributed by atoms with Gasteiger partial charge >= 0.3 is 0 Å². The number of hydrogen-bond acceptors (Lipinski definition) is 2. The van der Waals surface area contributed by atoms with Gasteiger partial charge in [-0.2, -0.15) is 0 Å². The van der Waals surface area contributed by atoms with Crippen LogP contribution in [0.4, 0.5) is 0 Å². The van der Waals surface area contributed by atoms with Crippen molar-refractivity contribution in [2.75, 3.05) is 6.54 Å². The summed E-state index contributed by atoms with van der Waals surface area (Å²) >= 11 is 0. The highest BCUT2D eigenvalue weighted by molar-refractivity contribution is 5.89. The van der Waals surface area contributed by atoms with Gasteiger partial charge in [-0.05, 0) is 51.4 Å². The number of benzene rings is 1. The van der Waals surface area contributed by atoms with Gasteiger partial charge in [0, 0.05) is 17.1 Å². The third-order valence-corrected chi connectivity index (χ3v) is 2.58. The molecule has 0 fully saturated rings. The van der Waals surface area contributed by atoms with Crippen LogP contribution in [-0.2, 0) is 6.42 Å². The zero-order valence-corrected chi connectivity index (χ0v) is 10.7. The molecule has 3 heteroatoms. The van der Waals surface area contributed by atoms with Crippen molar-refractivity contribution in [3.05, 3.63) is 30.0 Å². The van der Waals surface area contributed by atoms with Gasteiger partial charge in [0.15, 0.2) is 0 Å². The van der Waals surface area contributed by atoms with Gasteiger partial charge in [-0.25, -0.2) is 0 Å². The first-order chi connectivity index (χ1) is 8.01. The van der Waals surface area contributed by atoms with Gasteiger partial charge < -0.3 is 15.5 Å². The molecule has 1 heterocycles. The van der Waals surface area contributed by atoms with Gasteiger partial charge in [-0.15, -0.1) is 0 Å². The summed E-state index contributed by atoms with van der Waals surface area (Å²) in [4.78, 5) is 3.26. The molecule has 0 saturated heterocycles. The normalized spacial score (nSPS) is 12.0. The van der Waals surface area contributed by atoms with Crippen LogP contribution in [0.25, 0.3) is 10.9 Å². The number of ether oxygens (including phenoxy) is 1. The Morgan fingerprint density at radius 3 is 2.71 bits per heavy atom. The van der Waals surface area contributed by atoms with Crippen molar-refractivity contribution in [1.82, 2.24) is 4.98 Å². The minimum Gasteiger partial charge on any atom is -0.487 e. The lowest BCUT2D eigenvalue weighted by atomic mass is 10.1. The number of rotatable bonds is 3. The van der Waals surface area contributed by atoms with Crippen LogP contribution in [-0.4, -0.2) is 17.1 Å². The molecule has 3 N–H and O–H groups in total. The van der Waals surface area contributed by atoms with E-state index in [1.165, 1.54) is 5.56 Å². The van der Waals surface area contributed by atoms with E-state index < -0.39 is 0 Å². The fourth-order valence-corrected chi connectivity index (χ4v) is 1.99. The predicted molar refractivity (Wildman–Crippen MR) is 71.4 cm³/mol. The van der Waals surface area contributed by atoms with Gasteiger partial charge in [0.25, 0.3) is 0 Å². The van der Waals surface area contributed by atoms with E-state index in [0.717, 1.165) is 23.1 Å². The van der Waals surface area contributed by atoms with Gasteiger partial charge in [0.05, 0.1) is 0 Å². The maximum absolute atomic E-state index is 6.00. The number of hydrogen-bond donors (Lipinski definition) is 2. The van der Waals surface area contributed by atoms with E-state index >= 15 is 0 Å². The van der Waals surface area contributed by atoms with E-state index in [-0.39, 0.29) is 5.60 Å². The van der Waals surface area contributed by atoms with Gasteiger partial charge in [0.1, 0.15) is 11.4 Å². The first-order valence-electron chi connectivity index (χ1n) is 5.99. The molecular weight excluding hydrogens is 212 g/mol. The molecular formula is C14H20N2O. The molecule has 0 unspecified atom stereocenters. The Labute approximate surface area is 102 Å². The second-order valence-corrected chi connectivity index (χ2v) is 5.25. The fourth-order valence-electron chi connectivity index (χ4n) is 1.99. The molecule has 0 saturated carbocycles. The zero-order valence-electron chi connectivity index (χ0n) is 10.7. The first kappa shape index (κ1) is 12.0. The molecule has 0 bridgehead atoms. The van der Waals surface area contributed by atoms with Crippen molar-refractivity contribution in [1.29, 1.82) is 0 Å². The van der Waals surface area contributed by atoms with Crippen LogP contribution in [0.3, 0.4) is 0 Å². The minimum absolute atomic E-state index is 0.189. The molecule has 92 valence electrons. The number of nitrogens with one attached hydrogen (secondary N) is 1. The van der Waals surface area contributed by atoms with Gasteiger partial charge in [0.2, 0.25) is 0 Å². The lowest BCUT2D eigenvalue weighted by Gasteiger charge is -2.22. The Balaban J connectivity index is 2.50. The van der Waals surface area contributed by atoms with Crippen molar-refractivity contribution in [3.8, 4) is 5.75 Å². The Morgan fingerprint density at radius 1 is 1.29 bits per heavy atom. The lowest BCUT2D eigenvalue weighted by Crippen LogP contribution is -2.23. The van der Waals surface area contributed by atoms with Gasteiger partial charge in [-0.3, -0.25) is 0 Å². The number of fused-ring (bicyclic) bond motifs is 1. The summed E-state index contributed by atoms with van der Waals surface area (Å²) in [5.74, 6) is 0.930. The quantitative estimate of drug-likeness (QED) is 0.855. The number of H-pyrrole nitrogens is 1. The number of aromatic nitrogens is 1. The van der Waals surface area contributed by atoms with Crippen molar-refractivity contribution < 1.29 is 4.74 Å². The Kier molecular flexibility index (Phi) is 3.11. The summed E-state index contributed by atoms with van der Waals surface area (Å²) in [6, 6.07) is 6.08. The molecule has 0 aliphatic carbocycles. The molecule has 0 atom stereocenters. The van der Waals surface area contributed by atoms with Crippen LogP contribution >= 0.6 is 0 Å². The average Bonchev–Trinajstić information content (AvgIpc) is 2.61. The van der Waals surface area contributed by atoms with Crippen LogP contribution in [0.15, 0.2) is 24.4 Å². The maximum Gasteiger partial charge on any atom is 0.129 e. The topological polar surface area (TPSA) is 51.0 Å². The average molecular weight is 232 g/mol. The van der Waals surface area contributed by atoms with E-state index in [2.05, 4.69) is 31.8 Å². The van der Waals surface area contributed by atoms with Crippen molar-refractivity contribution >= 4 is 10.9 Å². The summed E-state index contributed by atoms with van der Waals surface area (Å²) in [7, 11) is 0. The van der Waals surface area contributed by atoms with Crippen LogP contribution in [0.2, 0.25) is 0 Å². The largest absolute Gasteiger partial charge is 0.487 e. The molecule has 3 nitrogen and oxygen atoms in total. The summed E-state index contributed by atoms with van der Waals surface area (Å²) in [6.45, 7) is 6.82. The third kappa shape index (κ3) is 2.61. The lowest BCUT2D eigenvalue weighted by molar-refractivity contribution is 0.133. The third-order valence-electron chi connectivity index (χ3n) is 2.58. The molecule has 2 rings (SSSR count). The van der Waals surface area contributed by atoms with Crippen LogP contribution in [0.5, 0.6) is 5.75 Å². The molecule has 1 aromatic heterocycles. The highest BCUT2D eigenvalue weighted by atomic mass is 16.5. The van der Waals surface area contributed by atoms with E-state index in [0.29, 0.717) is 6.54 Å². The number of nitrogens with two attached hydrogens (primary N) is 1. The molecule has 0 aliphatic heterocycles. The maximum atomic E-state index is 6.00. The first-order valence-corrected chi connectivity index (χ1v) is 5.99. The monoisotopic (exact) mass is 232 g/mol. The van der Waals surface area contributed by atoms with Crippen molar-refractivity contribution in [2.24, 2.45) is 5.73 Å². The van der Waals surface area contributed by atoms with Crippen LogP contribution < -0.4 is 10.5 Å². The zero-order chi connectivity index (χ0) is 12.5. The summed E-state index contributed by atoms with van der Waals surface area (Å²) in [5.41, 5.74) is 7.78. The van der Waals surface area contributed by atoms with Gasteiger partial charge in [-0.1, -0.05) is 6.07 Å². The minimum atomic E-state index is -0.189. The Bertz CT molecular complexity index is 508. The van der Waals surface area contributed by atoms with E-state index in [4.69, 9.17) is 10.5 Å². The molecule has 1 aromatic carbocycles. The van der Waals surface area contributed by atoms with Crippen molar-refractivity contribution in [2.45, 2.75) is 32.8 Å². The summed E-state index contributed by atoms with van der Waals surface area (Å²) in [6.07, 6.45) is 2.89. The SMILES string of the molecule is CC(C)(C)Oc1cccc2[nH]cc(CCN)c12. The highest BCUT2D eigenvalue weighted by Crippen LogP contribution is 2.31.